The van der Waals surface area contributed by atoms with Crippen LogP contribution in [-0.4, -0.2) is 75.6 Å². The predicted molar refractivity (Wildman–Crippen MR) is 274 cm³/mol. The average molecular weight is 915 g/mol. The van der Waals surface area contributed by atoms with E-state index in [9.17, 15) is 14.3 Å². The lowest BCUT2D eigenvalue weighted by Crippen LogP contribution is -2.37. The summed E-state index contributed by atoms with van der Waals surface area (Å²) < 4.78 is 35.1. The van der Waals surface area contributed by atoms with Crippen molar-refractivity contribution in [3.63, 3.8) is 0 Å². The van der Waals surface area contributed by atoms with E-state index in [-0.39, 0.29) is 25.8 Å². The number of carbonyl (C=O) groups is 1. The monoisotopic (exact) mass is 915 g/mol. The number of phosphoric acid groups is 1. The minimum absolute atomic E-state index is 0.0765. The summed E-state index contributed by atoms with van der Waals surface area (Å²) in [6, 6.07) is 0. The van der Waals surface area contributed by atoms with Gasteiger partial charge in [-0.3, -0.25) is 13.8 Å². The molecule has 368 valence electrons. The number of hydrogen-bond acceptors (Lipinski definition) is 6. The Morgan fingerprint density at radius 2 is 0.906 bits per heavy atom. The molecule has 0 bridgehead atoms. The van der Waals surface area contributed by atoms with Gasteiger partial charge in [0, 0.05) is 13.0 Å². The van der Waals surface area contributed by atoms with Crippen LogP contribution >= 0.6 is 7.82 Å². The smallest absolute Gasteiger partial charge is 0.457 e. The predicted octanol–water partition coefficient (Wildman–Crippen LogP) is 15.8. The van der Waals surface area contributed by atoms with Gasteiger partial charge in [0.25, 0.3) is 0 Å². The van der Waals surface area contributed by atoms with E-state index < -0.39 is 13.9 Å². The van der Waals surface area contributed by atoms with E-state index in [2.05, 4.69) is 111 Å². The SMILES string of the molecule is CC/C=C\C/C=C\C/C=C\C/C=C\C/C=C\C/C=C\CCCCCCC(=O)OC(COCCCCCCCCCC/C=C\C/C=C\CCCCCC)COP(=O)(O)OCC[N+](C)(C)C. The van der Waals surface area contributed by atoms with Crippen molar-refractivity contribution >= 4 is 13.8 Å². The number of allylic oxidation sites excluding steroid dienone is 16. The molecule has 0 amide bonds. The van der Waals surface area contributed by atoms with E-state index in [4.69, 9.17) is 18.5 Å². The fourth-order valence-electron chi connectivity index (χ4n) is 6.47. The van der Waals surface area contributed by atoms with Gasteiger partial charge in [-0.15, -0.1) is 0 Å². The Balaban J connectivity index is 4.26. The average Bonchev–Trinajstić information content (AvgIpc) is 3.25. The van der Waals surface area contributed by atoms with E-state index in [0.29, 0.717) is 24.1 Å². The highest BCUT2D eigenvalue weighted by atomic mass is 31.2. The van der Waals surface area contributed by atoms with Gasteiger partial charge in [0.2, 0.25) is 0 Å². The van der Waals surface area contributed by atoms with Gasteiger partial charge >= 0.3 is 13.8 Å². The highest BCUT2D eigenvalue weighted by Gasteiger charge is 2.26. The first-order valence-electron chi connectivity index (χ1n) is 25.5. The lowest BCUT2D eigenvalue weighted by Gasteiger charge is -2.24. The minimum atomic E-state index is -4.30. The summed E-state index contributed by atoms with van der Waals surface area (Å²) in [7, 11) is 1.63. The second-order valence-electron chi connectivity index (χ2n) is 17.8. The quantitative estimate of drug-likeness (QED) is 0.0214. The number of carbonyl (C=O) groups excluding carboxylic acids is 1. The first kappa shape index (κ1) is 61.4. The van der Waals surface area contributed by atoms with Gasteiger partial charge in [-0.05, 0) is 96.3 Å². The molecule has 0 fully saturated rings. The molecular weight excluding hydrogens is 818 g/mol. The summed E-state index contributed by atoms with van der Waals surface area (Å²) in [5.74, 6) is -0.343. The zero-order chi connectivity index (χ0) is 46.9. The number of quaternary nitrogens is 1. The summed E-state index contributed by atoms with van der Waals surface area (Å²) >= 11 is 0. The normalized spacial score (nSPS) is 14.4. The maximum absolute atomic E-state index is 12.8. The molecule has 8 nitrogen and oxygen atoms in total. The number of likely N-dealkylation sites (N-methyl/N-ethyl adjacent to an activating group) is 1. The largest absolute Gasteiger partial charge is 0.472 e. The van der Waals surface area contributed by atoms with Crippen LogP contribution < -0.4 is 0 Å². The van der Waals surface area contributed by atoms with Crippen LogP contribution in [0.2, 0.25) is 0 Å². The number of ether oxygens (including phenoxy) is 2. The Morgan fingerprint density at radius 1 is 0.500 bits per heavy atom. The molecule has 0 radical (unpaired) electrons. The molecule has 64 heavy (non-hydrogen) atoms. The highest BCUT2D eigenvalue weighted by Crippen LogP contribution is 2.43. The molecular formula is C55H97NO7P+. The number of phosphoric ester groups is 1. The molecule has 0 aliphatic heterocycles. The van der Waals surface area contributed by atoms with Gasteiger partial charge < -0.3 is 18.9 Å². The first-order valence-corrected chi connectivity index (χ1v) is 27.0. The van der Waals surface area contributed by atoms with Crippen LogP contribution in [-0.2, 0) is 27.9 Å². The summed E-state index contributed by atoms with van der Waals surface area (Å²) in [5.41, 5.74) is 0. The Hall–Kier alpha value is -2.58. The fourth-order valence-corrected chi connectivity index (χ4v) is 7.21. The molecule has 0 aliphatic rings. The van der Waals surface area contributed by atoms with E-state index in [0.717, 1.165) is 89.9 Å². The lowest BCUT2D eigenvalue weighted by atomic mass is 10.1. The summed E-state index contributed by atoms with van der Waals surface area (Å²) in [6.07, 6.45) is 64.5. The molecule has 2 atom stereocenters. The standard InChI is InChI=1S/C55H96NO7P/c1-6-8-10-12-14-16-18-20-22-24-26-27-28-29-30-32-34-36-38-40-42-44-46-48-55(57)63-54(53-62-64(58,59)61-51-49-56(3,4)5)52-60-50-47-45-43-41-39-37-35-33-31-25-23-21-19-17-15-13-11-9-7-2/h8,10,14,16-17,19-20,22-23,25-27,29-30,34,36,54H,6-7,9,11-13,15,18,21,24,28,31-33,35,37-53H2,1-5H3/p+1/b10-8-,16-14-,19-17-,22-20-,25-23-,27-26-,30-29-,36-34-. The molecule has 0 rings (SSSR count). The minimum Gasteiger partial charge on any atom is -0.457 e. The van der Waals surface area contributed by atoms with Crippen molar-refractivity contribution in [1.82, 2.24) is 0 Å². The van der Waals surface area contributed by atoms with Crippen molar-refractivity contribution in [3.05, 3.63) is 97.2 Å². The van der Waals surface area contributed by atoms with Crippen LogP contribution in [0.5, 0.6) is 0 Å². The summed E-state index contributed by atoms with van der Waals surface area (Å²) in [5, 5.41) is 0. The van der Waals surface area contributed by atoms with Gasteiger partial charge in [0.1, 0.15) is 19.3 Å². The van der Waals surface area contributed by atoms with Gasteiger partial charge in [-0.25, -0.2) is 4.57 Å². The van der Waals surface area contributed by atoms with Crippen LogP contribution in [0.3, 0.4) is 0 Å². The second-order valence-corrected chi connectivity index (χ2v) is 19.3. The van der Waals surface area contributed by atoms with Gasteiger partial charge in [0.15, 0.2) is 0 Å². The van der Waals surface area contributed by atoms with E-state index in [1.54, 1.807) is 0 Å². The van der Waals surface area contributed by atoms with Crippen molar-refractivity contribution < 1.29 is 37.3 Å². The second kappa shape index (κ2) is 46.9. The Bertz CT molecular complexity index is 1340. The number of nitrogens with zero attached hydrogens (tertiary/aromatic N) is 1. The van der Waals surface area contributed by atoms with Crippen molar-refractivity contribution in [2.45, 2.75) is 193 Å². The first-order chi connectivity index (χ1) is 31.1. The summed E-state index contributed by atoms with van der Waals surface area (Å²) in [4.78, 5) is 23.0. The van der Waals surface area contributed by atoms with Crippen LogP contribution in [0.15, 0.2) is 97.2 Å². The molecule has 9 heteroatoms. The molecule has 0 aromatic heterocycles. The van der Waals surface area contributed by atoms with Crippen molar-refractivity contribution in [3.8, 4) is 0 Å². The third-order valence-corrected chi connectivity index (χ3v) is 11.4. The molecule has 0 heterocycles. The maximum Gasteiger partial charge on any atom is 0.472 e. The lowest BCUT2D eigenvalue weighted by molar-refractivity contribution is -0.870. The third kappa shape index (κ3) is 50.4. The molecule has 0 saturated carbocycles. The van der Waals surface area contributed by atoms with Gasteiger partial charge in [-0.1, -0.05) is 182 Å². The third-order valence-electron chi connectivity index (χ3n) is 10.4. The summed E-state index contributed by atoms with van der Waals surface area (Å²) in [6.45, 7) is 5.43. The molecule has 0 saturated heterocycles. The Kier molecular flexibility index (Phi) is 45.0. The van der Waals surface area contributed by atoms with Crippen LogP contribution in [0.1, 0.15) is 187 Å². The molecule has 0 aromatic rings. The molecule has 0 aromatic carbocycles. The van der Waals surface area contributed by atoms with Crippen LogP contribution in [0.25, 0.3) is 0 Å². The molecule has 0 aliphatic carbocycles. The van der Waals surface area contributed by atoms with Gasteiger partial charge in [-0.2, -0.15) is 0 Å². The number of hydrogen-bond donors (Lipinski definition) is 1. The fraction of sp³-hybridized carbons (Fsp3) is 0.691. The molecule has 1 N–H and O–H groups in total. The molecule has 2 unspecified atom stereocenters. The van der Waals surface area contributed by atoms with E-state index in [1.807, 2.05) is 21.1 Å². The van der Waals surface area contributed by atoms with E-state index in [1.165, 1.54) is 77.0 Å². The van der Waals surface area contributed by atoms with Gasteiger partial charge in [0.05, 0.1) is 34.4 Å². The number of rotatable bonds is 46. The van der Waals surface area contributed by atoms with E-state index >= 15 is 0 Å². The Morgan fingerprint density at radius 3 is 1.36 bits per heavy atom. The van der Waals surface area contributed by atoms with Crippen molar-refractivity contribution in [2.24, 2.45) is 0 Å². The molecule has 0 spiro atoms. The topological polar surface area (TPSA) is 91.3 Å². The highest BCUT2D eigenvalue weighted by molar-refractivity contribution is 7.47. The van der Waals surface area contributed by atoms with Crippen molar-refractivity contribution in [2.75, 3.05) is 54.1 Å². The maximum atomic E-state index is 12.8. The zero-order valence-corrected chi connectivity index (χ0v) is 42.6. The number of unbranched alkanes of at least 4 members (excludes halogenated alkanes) is 16. The van der Waals surface area contributed by atoms with Crippen LogP contribution in [0.4, 0.5) is 0 Å². The Labute approximate surface area is 394 Å². The number of esters is 1. The van der Waals surface area contributed by atoms with Crippen molar-refractivity contribution in [1.29, 1.82) is 0 Å². The van der Waals surface area contributed by atoms with Crippen LogP contribution in [0, 0.1) is 0 Å². The zero-order valence-electron chi connectivity index (χ0n) is 41.7.